The summed E-state index contributed by atoms with van der Waals surface area (Å²) in [6.07, 6.45) is 5.37. The topological polar surface area (TPSA) is 49.4 Å². The molecule has 0 unspecified atom stereocenters. The lowest BCUT2D eigenvalue weighted by Gasteiger charge is -2.17. The van der Waals surface area contributed by atoms with Gasteiger partial charge in [0.05, 0.1) is 11.1 Å². The molecule has 0 saturated carbocycles. The number of anilines is 1. The highest BCUT2D eigenvalue weighted by molar-refractivity contribution is 8.19. The first-order valence-electron chi connectivity index (χ1n) is 8.52. The van der Waals surface area contributed by atoms with Gasteiger partial charge >= 0.3 is 0 Å². The van der Waals surface area contributed by atoms with Crippen LogP contribution in [0.3, 0.4) is 0 Å². The minimum Gasteiger partial charge on any atom is -0.332 e. The second-order valence-electron chi connectivity index (χ2n) is 6.13. The fourth-order valence-electron chi connectivity index (χ4n) is 2.73. The molecule has 1 saturated heterocycles. The van der Waals surface area contributed by atoms with Gasteiger partial charge < -0.3 is 10.2 Å². The first kappa shape index (κ1) is 19.4. The SMILES string of the molecule is C#Cc1cccc(NC(=O)CN(C)C(=O)c2ccc(C3SCCS3)cc2)c1. The van der Waals surface area contributed by atoms with Gasteiger partial charge in [-0.2, -0.15) is 0 Å². The van der Waals surface area contributed by atoms with Crippen LogP contribution >= 0.6 is 23.5 Å². The molecule has 2 amide bonds. The van der Waals surface area contributed by atoms with E-state index in [0.29, 0.717) is 21.4 Å². The Morgan fingerprint density at radius 1 is 1.19 bits per heavy atom. The van der Waals surface area contributed by atoms with E-state index in [4.69, 9.17) is 6.42 Å². The number of amides is 2. The van der Waals surface area contributed by atoms with Crippen molar-refractivity contribution in [2.45, 2.75) is 4.58 Å². The van der Waals surface area contributed by atoms with Crippen LogP contribution in [0.1, 0.15) is 26.1 Å². The second-order valence-corrected chi connectivity index (χ2v) is 8.85. The molecule has 0 aromatic heterocycles. The Bertz CT molecular complexity index is 868. The predicted molar refractivity (Wildman–Crippen MR) is 114 cm³/mol. The summed E-state index contributed by atoms with van der Waals surface area (Å²) in [4.78, 5) is 26.2. The lowest BCUT2D eigenvalue weighted by Crippen LogP contribution is -2.34. The van der Waals surface area contributed by atoms with Crippen LogP contribution in [0.2, 0.25) is 0 Å². The van der Waals surface area contributed by atoms with Gasteiger partial charge in [0.2, 0.25) is 5.91 Å². The van der Waals surface area contributed by atoms with Crippen LogP contribution in [-0.2, 0) is 4.79 Å². The van der Waals surface area contributed by atoms with E-state index in [-0.39, 0.29) is 18.4 Å². The number of hydrogen-bond acceptors (Lipinski definition) is 4. The van der Waals surface area contributed by atoms with Crippen LogP contribution in [0.5, 0.6) is 0 Å². The van der Waals surface area contributed by atoms with E-state index >= 15 is 0 Å². The summed E-state index contributed by atoms with van der Waals surface area (Å²) >= 11 is 3.86. The van der Waals surface area contributed by atoms with Gasteiger partial charge in [0.25, 0.3) is 5.91 Å². The highest BCUT2D eigenvalue weighted by atomic mass is 32.2. The minimum atomic E-state index is -0.268. The number of thioether (sulfide) groups is 2. The molecule has 4 nitrogen and oxygen atoms in total. The first-order chi connectivity index (χ1) is 13.1. The molecule has 1 aliphatic rings. The third-order valence-electron chi connectivity index (χ3n) is 4.09. The van der Waals surface area contributed by atoms with Crippen molar-refractivity contribution in [2.75, 3.05) is 30.4 Å². The van der Waals surface area contributed by atoms with Crippen molar-refractivity contribution in [1.29, 1.82) is 0 Å². The molecule has 27 heavy (non-hydrogen) atoms. The number of terminal acetylenes is 1. The fourth-order valence-corrected chi connectivity index (χ4v) is 5.59. The van der Waals surface area contributed by atoms with Crippen LogP contribution in [0.4, 0.5) is 5.69 Å². The van der Waals surface area contributed by atoms with E-state index in [1.165, 1.54) is 10.5 Å². The standard InChI is InChI=1S/C21H20N2O2S2/c1-3-15-5-4-6-18(13-15)22-19(24)14-23(2)20(25)16-7-9-17(10-8-16)21-26-11-12-27-21/h1,4-10,13,21H,11-12,14H2,2H3,(H,22,24). The van der Waals surface area contributed by atoms with Gasteiger partial charge in [-0.05, 0) is 35.9 Å². The third-order valence-corrected chi connectivity index (χ3v) is 7.20. The molecule has 3 rings (SSSR count). The molecule has 0 bridgehead atoms. The van der Waals surface area contributed by atoms with Crippen molar-refractivity contribution in [2.24, 2.45) is 0 Å². The van der Waals surface area contributed by atoms with Crippen molar-refractivity contribution in [3.63, 3.8) is 0 Å². The number of nitrogens with one attached hydrogen (secondary N) is 1. The summed E-state index contributed by atoms with van der Waals surface area (Å²) < 4.78 is 0.455. The molecular formula is C21H20N2O2S2. The van der Waals surface area contributed by atoms with E-state index in [1.54, 1.807) is 31.3 Å². The monoisotopic (exact) mass is 396 g/mol. The van der Waals surface area contributed by atoms with Gasteiger partial charge in [-0.3, -0.25) is 9.59 Å². The molecule has 138 valence electrons. The molecule has 1 N–H and O–H groups in total. The van der Waals surface area contributed by atoms with Gasteiger partial charge in [0.1, 0.15) is 0 Å². The van der Waals surface area contributed by atoms with E-state index in [0.717, 1.165) is 11.5 Å². The molecule has 0 atom stereocenters. The van der Waals surface area contributed by atoms with Crippen LogP contribution in [0.15, 0.2) is 48.5 Å². The van der Waals surface area contributed by atoms with Crippen molar-refractivity contribution in [1.82, 2.24) is 4.90 Å². The summed E-state index contributed by atoms with van der Waals surface area (Å²) in [5.41, 5.74) is 3.12. The molecule has 0 radical (unpaired) electrons. The Hall–Kier alpha value is -2.36. The van der Waals surface area contributed by atoms with Gasteiger partial charge in [-0.1, -0.05) is 24.1 Å². The molecule has 1 heterocycles. The Morgan fingerprint density at radius 2 is 1.89 bits per heavy atom. The zero-order chi connectivity index (χ0) is 19.2. The van der Waals surface area contributed by atoms with Crippen molar-refractivity contribution < 1.29 is 9.59 Å². The molecule has 2 aromatic rings. The minimum absolute atomic E-state index is 0.0325. The van der Waals surface area contributed by atoms with Crippen LogP contribution in [0, 0.1) is 12.3 Å². The number of carbonyl (C=O) groups excluding carboxylic acids is 2. The summed E-state index contributed by atoms with van der Waals surface area (Å²) in [7, 11) is 1.62. The predicted octanol–water partition coefficient (Wildman–Crippen LogP) is 3.86. The Kier molecular flexibility index (Phi) is 6.49. The van der Waals surface area contributed by atoms with Crippen LogP contribution in [0.25, 0.3) is 0 Å². The summed E-state index contributed by atoms with van der Waals surface area (Å²) in [5, 5.41) is 2.77. The Labute approximate surface area is 168 Å². The zero-order valence-electron chi connectivity index (χ0n) is 15.0. The fraction of sp³-hybridized carbons (Fsp3) is 0.238. The lowest BCUT2D eigenvalue weighted by molar-refractivity contribution is -0.116. The number of carbonyl (C=O) groups is 2. The van der Waals surface area contributed by atoms with Crippen LogP contribution < -0.4 is 5.32 Å². The van der Waals surface area contributed by atoms with E-state index in [2.05, 4.69) is 11.2 Å². The van der Waals surface area contributed by atoms with Crippen molar-refractivity contribution >= 4 is 41.0 Å². The Morgan fingerprint density at radius 3 is 2.56 bits per heavy atom. The van der Waals surface area contributed by atoms with E-state index < -0.39 is 0 Å². The summed E-state index contributed by atoms with van der Waals surface area (Å²) in [5.74, 6) is 4.41. The number of nitrogens with zero attached hydrogens (tertiary/aromatic N) is 1. The second kappa shape index (κ2) is 9.03. The maximum Gasteiger partial charge on any atom is 0.254 e. The van der Waals surface area contributed by atoms with Gasteiger partial charge in [0, 0.05) is 35.4 Å². The van der Waals surface area contributed by atoms with Gasteiger partial charge in [-0.15, -0.1) is 29.9 Å². The van der Waals surface area contributed by atoms with Gasteiger partial charge in [0.15, 0.2) is 0 Å². The number of hydrogen-bond donors (Lipinski definition) is 1. The van der Waals surface area contributed by atoms with Crippen LogP contribution in [-0.4, -0.2) is 41.8 Å². The zero-order valence-corrected chi connectivity index (χ0v) is 16.6. The summed E-state index contributed by atoms with van der Waals surface area (Å²) in [6.45, 7) is -0.0325. The molecular weight excluding hydrogens is 376 g/mol. The normalized spacial score (nSPS) is 13.8. The highest BCUT2D eigenvalue weighted by Crippen LogP contribution is 2.45. The quantitative estimate of drug-likeness (QED) is 0.780. The smallest absolute Gasteiger partial charge is 0.254 e. The molecule has 1 aliphatic heterocycles. The average molecular weight is 397 g/mol. The first-order valence-corrected chi connectivity index (χ1v) is 10.6. The molecule has 1 fully saturated rings. The lowest BCUT2D eigenvalue weighted by atomic mass is 10.1. The maximum atomic E-state index is 12.6. The third kappa shape index (κ3) is 5.09. The molecule has 0 aliphatic carbocycles. The number of likely N-dealkylation sites (N-methyl/N-ethyl adjacent to an activating group) is 1. The van der Waals surface area contributed by atoms with E-state index in [9.17, 15) is 9.59 Å². The summed E-state index contributed by atoms with van der Waals surface area (Å²) in [6, 6.07) is 14.7. The van der Waals surface area contributed by atoms with Crippen molar-refractivity contribution in [3.05, 3.63) is 65.2 Å². The highest BCUT2D eigenvalue weighted by Gasteiger charge is 2.19. The molecule has 6 heteroatoms. The Balaban J connectivity index is 1.58. The molecule has 0 spiro atoms. The van der Waals surface area contributed by atoms with Crippen molar-refractivity contribution in [3.8, 4) is 12.3 Å². The largest absolute Gasteiger partial charge is 0.332 e. The molecule has 2 aromatic carbocycles. The average Bonchev–Trinajstić information content (AvgIpc) is 3.22. The number of benzene rings is 2. The maximum absolute atomic E-state index is 12.6. The van der Waals surface area contributed by atoms with E-state index in [1.807, 2.05) is 47.8 Å². The van der Waals surface area contributed by atoms with Gasteiger partial charge in [-0.25, -0.2) is 0 Å². The number of rotatable bonds is 5.